The molecule has 5 heteroatoms. The number of anilines is 1. The molecule has 3 aromatic rings. The summed E-state index contributed by atoms with van der Waals surface area (Å²) in [7, 11) is 0. The zero-order chi connectivity index (χ0) is 17.1. The molecule has 0 aliphatic heterocycles. The fourth-order valence-electron chi connectivity index (χ4n) is 2.27. The second-order valence-electron chi connectivity index (χ2n) is 5.75. The van der Waals surface area contributed by atoms with Crippen molar-refractivity contribution in [1.29, 1.82) is 0 Å². The van der Waals surface area contributed by atoms with Crippen LogP contribution in [0.1, 0.15) is 13.8 Å². The van der Waals surface area contributed by atoms with Crippen molar-refractivity contribution in [2.24, 2.45) is 5.92 Å². The van der Waals surface area contributed by atoms with Gasteiger partial charge in [0, 0.05) is 32.3 Å². The highest BCUT2D eigenvalue weighted by molar-refractivity contribution is 14.1. The van der Waals surface area contributed by atoms with Crippen LogP contribution in [0.25, 0.3) is 21.7 Å². The van der Waals surface area contributed by atoms with Crippen molar-refractivity contribution in [3.8, 4) is 21.7 Å². The van der Waals surface area contributed by atoms with E-state index in [4.69, 9.17) is 0 Å². The van der Waals surface area contributed by atoms with Crippen molar-refractivity contribution in [2.75, 3.05) is 5.32 Å². The molecule has 0 unspecified atom stereocenters. The van der Waals surface area contributed by atoms with Crippen molar-refractivity contribution in [3.63, 3.8) is 0 Å². The van der Waals surface area contributed by atoms with Crippen molar-refractivity contribution in [3.05, 3.63) is 57.6 Å². The van der Waals surface area contributed by atoms with Gasteiger partial charge in [-0.1, -0.05) is 32.0 Å². The van der Waals surface area contributed by atoms with Crippen LogP contribution in [0.3, 0.4) is 0 Å². The van der Waals surface area contributed by atoms with E-state index in [1.165, 1.54) is 9.13 Å². The van der Waals surface area contributed by atoms with Crippen LogP contribution in [-0.4, -0.2) is 10.9 Å². The third kappa shape index (κ3) is 3.84. The molecule has 0 aliphatic carbocycles. The van der Waals surface area contributed by atoms with Gasteiger partial charge < -0.3 is 5.32 Å². The van der Waals surface area contributed by atoms with Crippen LogP contribution in [0.5, 0.6) is 0 Å². The Balaban J connectivity index is 1.89. The maximum absolute atomic E-state index is 11.8. The third-order valence-corrected chi connectivity index (χ3v) is 5.40. The van der Waals surface area contributed by atoms with Gasteiger partial charge in [0.1, 0.15) is 5.01 Å². The number of hydrogen-bond donors (Lipinski definition) is 1. The molecular formula is C19H17IN2OS. The lowest BCUT2D eigenvalue weighted by atomic mass is 10.0. The van der Waals surface area contributed by atoms with E-state index in [-0.39, 0.29) is 11.8 Å². The van der Waals surface area contributed by atoms with Crippen LogP contribution in [0, 0.1) is 9.49 Å². The number of benzene rings is 2. The van der Waals surface area contributed by atoms with E-state index in [1.807, 2.05) is 49.7 Å². The zero-order valence-electron chi connectivity index (χ0n) is 13.4. The first kappa shape index (κ1) is 17.1. The smallest absolute Gasteiger partial charge is 0.226 e. The molecule has 0 bridgehead atoms. The van der Waals surface area contributed by atoms with Gasteiger partial charge in [-0.15, -0.1) is 11.3 Å². The Morgan fingerprint density at radius 3 is 2.46 bits per heavy atom. The lowest BCUT2D eigenvalue weighted by Crippen LogP contribution is -2.17. The van der Waals surface area contributed by atoms with Gasteiger partial charge in [-0.2, -0.15) is 0 Å². The molecule has 3 rings (SSSR count). The second-order valence-corrected chi connectivity index (χ2v) is 7.81. The first-order chi connectivity index (χ1) is 11.5. The molecule has 0 atom stereocenters. The van der Waals surface area contributed by atoms with E-state index >= 15 is 0 Å². The summed E-state index contributed by atoms with van der Waals surface area (Å²) in [5, 5.41) is 5.93. The molecule has 122 valence electrons. The number of halogens is 1. The van der Waals surface area contributed by atoms with Gasteiger partial charge in [-0.3, -0.25) is 4.79 Å². The molecule has 1 amide bonds. The average Bonchev–Trinajstić information content (AvgIpc) is 3.10. The van der Waals surface area contributed by atoms with E-state index in [9.17, 15) is 4.79 Å². The predicted molar refractivity (Wildman–Crippen MR) is 109 cm³/mol. The van der Waals surface area contributed by atoms with Gasteiger partial charge in [0.05, 0.1) is 0 Å². The molecule has 24 heavy (non-hydrogen) atoms. The van der Waals surface area contributed by atoms with E-state index in [0.717, 1.165) is 21.8 Å². The van der Waals surface area contributed by atoms with E-state index in [2.05, 4.69) is 51.1 Å². The Morgan fingerprint density at radius 1 is 1.12 bits per heavy atom. The van der Waals surface area contributed by atoms with Crippen LogP contribution < -0.4 is 5.32 Å². The van der Waals surface area contributed by atoms with Crippen LogP contribution in [0.15, 0.2) is 54.0 Å². The zero-order valence-corrected chi connectivity index (χ0v) is 16.4. The number of hydrogen-bond acceptors (Lipinski definition) is 3. The summed E-state index contributed by atoms with van der Waals surface area (Å²) in [5.74, 6) is 0.00343. The van der Waals surface area contributed by atoms with Crippen LogP contribution >= 0.6 is 33.9 Å². The monoisotopic (exact) mass is 448 g/mol. The molecule has 0 aliphatic rings. The summed E-state index contributed by atoms with van der Waals surface area (Å²) in [5.41, 5.74) is 4.24. The molecule has 3 nitrogen and oxygen atoms in total. The highest BCUT2D eigenvalue weighted by Crippen LogP contribution is 2.32. The Hall–Kier alpha value is -1.73. The predicted octanol–water partition coefficient (Wildman–Crippen LogP) is 5.68. The van der Waals surface area contributed by atoms with Crippen molar-refractivity contribution in [2.45, 2.75) is 13.8 Å². The minimum atomic E-state index is -0.0272. The lowest BCUT2D eigenvalue weighted by molar-refractivity contribution is -0.118. The normalized spacial score (nSPS) is 10.8. The van der Waals surface area contributed by atoms with Gasteiger partial charge in [0.25, 0.3) is 0 Å². The van der Waals surface area contributed by atoms with E-state index < -0.39 is 0 Å². The quantitative estimate of drug-likeness (QED) is 0.522. The number of nitrogens with one attached hydrogen (secondary N) is 1. The molecule has 1 heterocycles. The average molecular weight is 448 g/mol. The number of amides is 1. The molecule has 0 saturated heterocycles. The van der Waals surface area contributed by atoms with E-state index in [0.29, 0.717) is 0 Å². The Labute approximate surface area is 159 Å². The Bertz CT molecular complexity index is 842. The maximum atomic E-state index is 11.8. The fourth-order valence-corrected chi connectivity index (χ4v) is 3.55. The second kappa shape index (κ2) is 7.44. The van der Waals surface area contributed by atoms with Gasteiger partial charge in [0.15, 0.2) is 0 Å². The van der Waals surface area contributed by atoms with Gasteiger partial charge in [-0.05, 0) is 58.0 Å². The van der Waals surface area contributed by atoms with E-state index in [1.54, 1.807) is 11.3 Å². The number of rotatable bonds is 4. The summed E-state index contributed by atoms with van der Waals surface area (Å²) in [6.07, 6.45) is 1.82. The first-order valence-corrected chi connectivity index (χ1v) is 9.61. The maximum Gasteiger partial charge on any atom is 0.226 e. The van der Waals surface area contributed by atoms with Crippen LogP contribution in [0.4, 0.5) is 5.69 Å². The summed E-state index contributed by atoms with van der Waals surface area (Å²) in [6, 6.07) is 14.4. The van der Waals surface area contributed by atoms with Crippen molar-refractivity contribution >= 4 is 45.5 Å². The minimum Gasteiger partial charge on any atom is -0.326 e. The molecule has 1 N–H and O–H groups in total. The number of thiazole rings is 1. The summed E-state index contributed by atoms with van der Waals surface area (Å²) in [6.45, 7) is 3.77. The number of carbonyl (C=O) groups excluding carboxylic acids is 1. The minimum absolute atomic E-state index is 0.0272. The molecule has 0 radical (unpaired) electrons. The van der Waals surface area contributed by atoms with Gasteiger partial charge in [0.2, 0.25) is 5.91 Å². The third-order valence-electron chi connectivity index (χ3n) is 3.63. The highest BCUT2D eigenvalue weighted by atomic mass is 127. The number of aromatic nitrogens is 1. The van der Waals surface area contributed by atoms with Crippen LogP contribution in [0.2, 0.25) is 0 Å². The van der Waals surface area contributed by atoms with Crippen molar-refractivity contribution in [1.82, 2.24) is 4.98 Å². The van der Waals surface area contributed by atoms with Gasteiger partial charge in [-0.25, -0.2) is 4.98 Å². The standard InChI is InChI=1S/C19H17IN2OS/c1-12(2)18(23)22-15-6-3-13(4-7-15)16-11-14(5-8-17(16)20)19-21-9-10-24-19/h3-12H,1-2H3,(H,22,23). The Kier molecular flexibility index (Phi) is 5.30. The molecule has 0 saturated carbocycles. The molecular weight excluding hydrogens is 431 g/mol. The summed E-state index contributed by atoms with van der Waals surface area (Å²) in [4.78, 5) is 16.2. The Morgan fingerprint density at radius 2 is 1.83 bits per heavy atom. The molecule has 2 aromatic carbocycles. The molecule has 0 fully saturated rings. The van der Waals surface area contributed by atoms with Crippen molar-refractivity contribution < 1.29 is 4.79 Å². The van der Waals surface area contributed by atoms with Gasteiger partial charge >= 0.3 is 0 Å². The topological polar surface area (TPSA) is 42.0 Å². The summed E-state index contributed by atoms with van der Waals surface area (Å²) < 4.78 is 1.19. The SMILES string of the molecule is CC(C)C(=O)Nc1ccc(-c2cc(-c3nccs3)ccc2I)cc1. The lowest BCUT2D eigenvalue weighted by Gasteiger charge is -2.10. The highest BCUT2D eigenvalue weighted by Gasteiger charge is 2.09. The molecule has 0 spiro atoms. The molecule has 1 aromatic heterocycles. The first-order valence-electron chi connectivity index (χ1n) is 7.65. The number of carbonyl (C=O) groups is 1. The fraction of sp³-hybridized carbons (Fsp3) is 0.158. The van der Waals surface area contributed by atoms with Crippen LogP contribution in [-0.2, 0) is 4.79 Å². The largest absolute Gasteiger partial charge is 0.326 e. The summed E-state index contributed by atoms with van der Waals surface area (Å²) >= 11 is 3.99. The number of nitrogens with zero attached hydrogens (tertiary/aromatic N) is 1.